The van der Waals surface area contributed by atoms with E-state index in [9.17, 15) is 14.7 Å². The number of nitrogens with one attached hydrogen (secondary N) is 1. The van der Waals surface area contributed by atoms with E-state index in [4.69, 9.17) is 22.3 Å². The molecule has 0 radical (unpaired) electrons. The molecule has 1 amide bonds. The average molecular weight is 556 g/mol. The minimum Gasteiger partial charge on any atom is -0.478 e. The molecule has 1 fully saturated rings. The van der Waals surface area contributed by atoms with Crippen molar-refractivity contribution >= 4 is 23.5 Å². The first kappa shape index (κ1) is 25.4. The van der Waals surface area contributed by atoms with Crippen LogP contribution in [0.3, 0.4) is 0 Å². The molecule has 1 unspecified atom stereocenters. The number of aromatic nitrogens is 7. The van der Waals surface area contributed by atoms with Crippen LogP contribution in [0.1, 0.15) is 34.9 Å². The first-order valence-corrected chi connectivity index (χ1v) is 13.0. The van der Waals surface area contributed by atoms with E-state index < -0.39 is 5.97 Å². The van der Waals surface area contributed by atoms with Gasteiger partial charge in [0.15, 0.2) is 5.21 Å². The number of benzene rings is 2. The zero-order valence-electron chi connectivity index (χ0n) is 21.1. The summed E-state index contributed by atoms with van der Waals surface area (Å²) in [6.45, 7) is 0. The van der Waals surface area contributed by atoms with E-state index in [1.54, 1.807) is 53.7 Å². The van der Waals surface area contributed by atoms with Gasteiger partial charge in [-0.2, -0.15) is 5.10 Å². The topological polar surface area (TPSA) is 157 Å². The third kappa shape index (κ3) is 5.06. The molecule has 0 bridgehead atoms. The van der Waals surface area contributed by atoms with E-state index in [-0.39, 0.29) is 29.3 Å². The highest BCUT2D eigenvalue weighted by atomic mass is 35.5. The third-order valence-electron chi connectivity index (χ3n) is 7.23. The van der Waals surface area contributed by atoms with Gasteiger partial charge in [0.05, 0.1) is 23.5 Å². The van der Waals surface area contributed by atoms with Crippen LogP contribution in [0.15, 0.2) is 79.5 Å². The van der Waals surface area contributed by atoms with Crippen molar-refractivity contribution in [2.45, 2.75) is 18.9 Å². The van der Waals surface area contributed by atoms with Crippen molar-refractivity contribution in [2.24, 2.45) is 17.6 Å². The number of carboxylic acids is 1. The van der Waals surface area contributed by atoms with E-state index >= 15 is 0 Å². The monoisotopic (exact) mass is 555 g/mol. The Morgan fingerprint density at radius 2 is 1.90 bits per heavy atom. The first-order chi connectivity index (χ1) is 19.4. The second kappa shape index (κ2) is 10.3. The lowest BCUT2D eigenvalue weighted by Gasteiger charge is -2.18. The molecule has 1 aliphatic rings. The Morgan fingerprint density at radius 3 is 2.55 bits per heavy atom. The van der Waals surface area contributed by atoms with E-state index in [2.05, 4.69) is 20.6 Å². The minimum atomic E-state index is -0.977. The fourth-order valence-corrected chi connectivity index (χ4v) is 5.15. The molecular weight excluding hydrogens is 532 g/mol. The van der Waals surface area contributed by atoms with E-state index in [0.717, 1.165) is 40.1 Å². The molecule has 12 heteroatoms. The highest BCUT2D eigenvalue weighted by Gasteiger charge is 2.43. The SMILES string of the molecule is NC(=O)[C@H]1C[C@H]1CC(c1ccc(-c2cc(Cl)ccc2-[n+]2cnn[nH]2)cn1)n1cc(-c2ccc(C(=O)O)cc2)cn1. The fraction of sp³-hybridized carbons (Fsp3) is 0.179. The number of nitrogens with two attached hydrogens (primary N) is 1. The third-order valence-corrected chi connectivity index (χ3v) is 7.47. The summed E-state index contributed by atoms with van der Waals surface area (Å²) in [5.41, 5.74) is 10.8. The summed E-state index contributed by atoms with van der Waals surface area (Å²) in [7, 11) is 0. The fourth-order valence-electron chi connectivity index (χ4n) is 4.98. The summed E-state index contributed by atoms with van der Waals surface area (Å²) < 4.78 is 3.53. The number of tetrazole rings is 1. The van der Waals surface area contributed by atoms with E-state index in [1.165, 1.54) is 0 Å². The molecule has 0 aliphatic heterocycles. The Morgan fingerprint density at radius 1 is 1.10 bits per heavy atom. The lowest BCUT2D eigenvalue weighted by Crippen LogP contribution is -2.32. The smallest absolute Gasteiger partial charge is 0.335 e. The van der Waals surface area contributed by atoms with Crippen LogP contribution in [0.2, 0.25) is 5.02 Å². The molecule has 3 aromatic heterocycles. The summed E-state index contributed by atoms with van der Waals surface area (Å²) in [5.74, 6) is -1.26. The van der Waals surface area contributed by atoms with Gasteiger partial charge in [0.2, 0.25) is 5.91 Å². The quantitative estimate of drug-likeness (QED) is 0.235. The Kier molecular flexibility index (Phi) is 6.56. The number of aromatic carboxylic acids is 1. The zero-order chi connectivity index (χ0) is 27.8. The van der Waals surface area contributed by atoms with Crippen molar-refractivity contribution in [3.8, 4) is 27.9 Å². The molecule has 6 rings (SSSR count). The van der Waals surface area contributed by atoms with Crippen molar-refractivity contribution in [3.05, 3.63) is 95.8 Å². The summed E-state index contributed by atoms with van der Waals surface area (Å²) in [5, 5.41) is 24.9. The predicted molar refractivity (Wildman–Crippen MR) is 144 cm³/mol. The van der Waals surface area contributed by atoms with E-state index in [0.29, 0.717) is 11.4 Å². The maximum atomic E-state index is 11.8. The molecule has 3 heterocycles. The number of H-pyrrole nitrogens is 1. The maximum Gasteiger partial charge on any atom is 0.335 e. The zero-order valence-corrected chi connectivity index (χ0v) is 21.8. The molecule has 11 nitrogen and oxygen atoms in total. The van der Waals surface area contributed by atoms with Crippen molar-refractivity contribution in [3.63, 3.8) is 0 Å². The van der Waals surface area contributed by atoms with Crippen LogP contribution in [0.5, 0.6) is 0 Å². The van der Waals surface area contributed by atoms with Gasteiger partial charge in [0.25, 0.3) is 6.33 Å². The van der Waals surface area contributed by atoms with Gasteiger partial charge < -0.3 is 10.8 Å². The summed E-state index contributed by atoms with van der Waals surface area (Å²) in [4.78, 5) is 27.8. The number of aromatic amines is 1. The van der Waals surface area contributed by atoms with Crippen molar-refractivity contribution in [1.29, 1.82) is 0 Å². The van der Waals surface area contributed by atoms with Crippen LogP contribution in [0.25, 0.3) is 27.9 Å². The highest BCUT2D eigenvalue weighted by molar-refractivity contribution is 6.31. The number of rotatable bonds is 9. The van der Waals surface area contributed by atoms with Gasteiger partial charge in [-0.1, -0.05) is 35.0 Å². The highest BCUT2D eigenvalue weighted by Crippen LogP contribution is 2.45. The number of amides is 1. The summed E-state index contributed by atoms with van der Waals surface area (Å²) in [6, 6.07) is 15.9. The number of primary amides is 1. The number of hydrogen-bond donors (Lipinski definition) is 3. The molecule has 1 saturated carbocycles. The van der Waals surface area contributed by atoms with Gasteiger partial charge >= 0.3 is 5.97 Å². The number of hydrogen-bond acceptors (Lipinski definition) is 6. The lowest BCUT2D eigenvalue weighted by molar-refractivity contribution is -0.659. The van der Waals surface area contributed by atoms with Crippen LogP contribution >= 0.6 is 11.6 Å². The minimum absolute atomic E-state index is 0.144. The predicted octanol–water partition coefficient (Wildman–Crippen LogP) is 3.46. The number of carbonyl (C=O) groups excluding carboxylic acids is 1. The number of pyridine rings is 1. The molecule has 0 spiro atoms. The molecular formula is C28H24ClN8O3+. The second-order valence-corrected chi connectivity index (χ2v) is 10.2. The molecule has 40 heavy (non-hydrogen) atoms. The number of halogens is 1. The first-order valence-electron chi connectivity index (χ1n) is 12.6. The molecule has 5 aromatic rings. The van der Waals surface area contributed by atoms with Gasteiger partial charge in [-0.05, 0) is 60.7 Å². The van der Waals surface area contributed by atoms with Crippen LogP contribution in [0, 0.1) is 11.8 Å². The summed E-state index contributed by atoms with van der Waals surface area (Å²) >= 11 is 6.32. The van der Waals surface area contributed by atoms with Crippen LogP contribution < -0.4 is 10.4 Å². The summed E-state index contributed by atoms with van der Waals surface area (Å²) in [6.07, 6.45) is 8.40. The van der Waals surface area contributed by atoms with E-state index in [1.807, 2.05) is 35.1 Å². The maximum absolute atomic E-state index is 11.8. The number of nitrogens with zero attached hydrogens (tertiary/aromatic N) is 6. The van der Waals surface area contributed by atoms with Gasteiger partial charge in [-0.15, -0.1) is 4.68 Å². The standard InChI is InChI=1S/C28H23ClN8O3/c29-21-6-8-25(37-15-32-34-35-37)22(11-21)18-5-7-24(31-12-18)26(10-19-9-23(19)27(30)38)36-14-20(13-33-36)16-1-3-17(4-2-16)28(39)40/h1-8,11-15,19,23,26H,9-10H2,(H3,30,38,39,40)/p+1/t19-,23-,26?/m0/s1. The number of carboxylic acid groups (broad SMARTS) is 1. The molecule has 1 aliphatic carbocycles. The average Bonchev–Trinajstić information content (AvgIpc) is 3.30. The Balaban J connectivity index is 1.33. The van der Waals surface area contributed by atoms with Crippen molar-refractivity contribution in [2.75, 3.05) is 0 Å². The number of carbonyl (C=O) groups is 2. The van der Waals surface area contributed by atoms with Gasteiger partial charge in [0.1, 0.15) is 10.8 Å². The lowest BCUT2D eigenvalue weighted by atomic mass is 10.0. The molecule has 3 atom stereocenters. The Labute approximate surface area is 233 Å². The molecule has 200 valence electrons. The van der Waals surface area contributed by atoms with Crippen molar-refractivity contribution in [1.82, 2.24) is 30.3 Å². The van der Waals surface area contributed by atoms with Crippen LogP contribution in [-0.4, -0.2) is 47.3 Å². The van der Waals surface area contributed by atoms with Crippen LogP contribution in [0.4, 0.5) is 0 Å². The second-order valence-electron chi connectivity index (χ2n) is 9.78. The molecule has 0 saturated heterocycles. The molecule has 4 N–H and O–H groups in total. The molecule has 2 aromatic carbocycles. The van der Waals surface area contributed by atoms with Crippen LogP contribution in [-0.2, 0) is 4.79 Å². The Hall–Kier alpha value is -4.90. The van der Waals surface area contributed by atoms with Gasteiger partial charge in [-0.3, -0.25) is 14.5 Å². The van der Waals surface area contributed by atoms with Crippen molar-refractivity contribution < 1.29 is 19.4 Å². The largest absolute Gasteiger partial charge is 0.478 e. The van der Waals surface area contributed by atoms with Gasteiger partial charge in [-0.25, -0.2) is 4.79 Å². The Bertz CT molecular complexity index is 1680. The normalized spacial score (nSPS) is 16.9. The van der Waals surface area contributed by atoms with Gasteiger partial charge in [0, 0.05) is 40.0 Å².